The highest BCUT2D eigenvalue weighted by atomic mass is 16.7. The van der Waals surface area contributed by atoms with Gasteiger partial charge in [-0.1, -0.05) is 36.4 Å². The fraction of sp³-hybridized carbons (Fsp3) is 0.375. The summed E-state index contributed by atoms with van der Waals surface area (Å²) in [5, 5.41) is 2.54. The van der Waals surface area contributed by atoms with Crippen LogP contribution < -0.4 is 0 Å². The van der Waals surface area contributed by atoms with Gasteiger partial charge in [-0.3, -0.25) is 0 Å². The molecule has 0 spiro atoms. The Morgan fingerprint density at radius 1 is 1.06 bits per heavy atom. The fourth-order valence-electron chi connectivity index (χ4n) is 2.36. The van der Waals surface area contributed by atoms with Crippen LogP contribution in [0, 0.1) is 0 Å². The second-order valence-corrected chi connectivity index (χ2v) is 4.79. The minimum Gasteiger partial charge on any atom is -0.353 e. The molecule has 0 N–H and O–H groups in total. The van der Waals surface area contributed by atoms with Crippen LogP contribution in [0.2, 0.25) is 0 Å². The number of rotatable bonds is 3. The average Bonchev–Trinajstić information content (AvgIpc) is 2.46. The topological polar surface area (TPSA) is 18.5 Å². The Morgan fingerprint density at radius 2 is 1.94 bits per heavy atom. The van der Waals surface area contributed by atoms with E-state index in [-0.39, 0.29) is 6.29 Å². The molecule has 0 saturated carbocycles. The Morgan fingerprint density at radius 3 is 2.78 bits per heavy atom. The van der Waals surface area contributed by atoms with Gasteiger partial charge in [0.05, 0.1) is 6.61 Å². The van der Waals surface area contributed by atoms with E-state index in [1.54, 1.807) is 0 Å². The summed E-state index contributed by atoms with van der Waals surface area (Å²) in [6, 6.07) is 14.9. The molecule has 1 aliphatic heterocycles. The van der Waals surface area contributed by atoms with Crippen molar-refractivity contribution in [3.05, 3.63) is 48.0 Å². The Hall–Kier alpha value is -1.38. The standard InChI is InChI=1S/C16H18O2/c1-2-6-15-11-13(8-9-14(15)5-1)12-18-16-7-3-4-10-17-16/h1-2,5-6,8-9,11,16H,3-4,7,10,12H2. The van der Waals surface area contributed by atoms with Gasteiger partial charge in [-0.05, 0) is 41.7 Å². The molecule has 2 aromatic rings. The quantitative estimate of drug-likeness (QED) is 0.813. The van der Waals surface area contributed by atoms with Gasteiger partial charge in [0, 0.05) is 6.61 Å². The molecule has 0 bridgehead atoms. The fourth-order valence-corrected chi connectivity index (χ4v) is 2.36. The van der Waals surface area contributed by atoms with E-state index in [1.807, 2.05) is 0 Å². The van der Waals surface area contributed by atoms with Crippen LogP contribution in [0.25, 0.3) is 10.8 Å². The third-order valence-electron chi connectivity index (χ3n) is 3.39. The molecule has 1 unspecified atom stereocenters. The molecule has 94 valence electrons. The predicted molar refractivity (Wildman–Crippen MR) is 72.3 cm³/mol. The highest BCUT2D eigenvalue weighted by Gasteiger charge is 2.13. The van der Waals surface area contributed by atoms with Crippen molar-refractivity contribution in [1.29, 1.82) is 0 Å². The van der Waals surface area contributed by atoms with E-state index in [0.29, 0.717) is 6.61 Å². The zero-order valence-electron chi connectivity index (χ0n) is 10.5. The van der Waals surface area contributed by atoms with Gasteiger partial charge in [0.2, 0.25) is 0 Å². The first-order chi connectivity index (χ1) is 8.92. The molecule has 1 fully saturated rings. The second-order valence-electron chi connectivity index (χ2n) is 4.79. The maximum atomic E-state index is 5.80. The molecule has 2 aromatic carbocycles. The number of hydrogen-bond acceptors (Lipinski definition) is 2. The molecular weight excluding hydrogens is 224 g/mol. The molecule has 1 saturated heterocycles. The minimum atomic E-state index is -0.00906. The molecule has 2 heteroatoms. The molecule has 1 atom stereocenters. The van der Waals surface area contributed by atoms with Crippen LogP contribution in [-0.2, 0) is 16.1 Å². The Balaban J connectivity index is 1.66. The molecule has 3 rings (SSSR count). The van der Waals surface area contributed by atoms with E-state index in [4.69, 9.17) is 9.47 Å². The molecule has 1 aliphatic rings. The SMILES string of the molecule is c1ccc2cc(COC3CCCCO3)ccc2c1. The first-order valence-corrected chi connectivity index (χ1v) is 6.63. The van der Waals surface area contributed by atoms with Crippen LogP contribution in [0.4, 0.5) is 0 Å². The van der Waals surface area contributed by atoms with E-state index < -0.39 is 0 Å². The average molecular weight is 242 g/mol. The van der Waals surface area contributed by atoms with Gasteiger partial charge in [-0.25, -0.2) is 0 Å². The summed E-state index contributed by atoms with van der Waals surface area (Å²) in [7, 11) is 0. The van der Waals surface area contributed by atoms with Gasteiger partial charge in [0.25, 0.3) is 0 Å². The summed E-state index contributed by atoms with van der Waals surface area (Å²) in [5.74, 6) is 0. The van der Waals surface area contributed by atoms with Crippen molar-refractivity contribution in [2.24, 2.45) is 0 Å². The zero-order chi connectivity index (χ0) is 12.2. The molecule has 0 aliphatic carbocycles. The van der Waals surface area contributed by atoms with E-state index in [1.165, 1.54) is 22.8 Å². The number of hydrogen-bond donors (Lipinski definition) is 0. The van der Waals surface area contributed by atoms with Gasteiger partial charge in [0.1, 0.15) is 0 Å². The van der Waals surface area contributed by atoms with Gasteiger partial charge >= 0.3 is 0 Å². The first-order valence-electron chi connectivity index (χ1n) is 6.63. The second kappa shape index (κ2) is 5.51. The van der Waals surface area contributed by atoms with Crippen LogP contribution in [0.5, 0.6) is 0 Å². The van der Waals surface area contributed by atoms with Gasteiger partial charge in [0.15, 0.2) is 6.29 Å². The Labute approximate surface area is 108 Å². The predicted octanol–water partition coefficient (Wildman–Crippen LogP) is 3.88. The number of benzene rings is 2. The van der Waals surface area contributed by atoms with Gasteiger partial charge in [-0.2, -0.15) is 0 Å². The van der Waals surface area contributed by atoms with Gasteiger partial charge in [-0.15, -0.1) is 0 Å². The monoisotopic (exact) mass is 242 g/mol. The summed E-state index contributed by atoms with van der Waals surface area (Å²) in [6.07, 6.45) is 3.39. The maximum Gasteiger partial charge on any atom is 0.158 e. The molecular formula is C16H18O2. The Kier molecular flexibility index (Phi) is 3.58. The van der Waals surface area contributed by atoms with E-state index in [2.05, 4.69) is 42.5 Å². The third-order valence-corrected chi connectivity index (χ3v) is 3.39. The lowest BCUT2D eigenvalue weighted by Crippen LogP contribution is -2.21. The number of ether oxygens (including phenoxy) is 2. The molecule has 1 heterocycles. The highest BCUT2D eigenvalue weighted by Crippen LogP contribution is 2.19. The van der Waals surface area contributed by atoms with Crippen LogP contribution in [0.1, 0.15) is 24.8 Å². The first kappa shape index (κ1) is 11.7. The van der Waals surface area contributed by atoms with Crippen molar-refractivity contribution < 1.29 is 9.47 Å². The zero-order valence-corrected chi connectivity index (χ0v) is 10.5. The minimum absolute atomic E-state index is 0.00906. The van der Waals surface area contributed by atoms with Crippen molar-refractivity contribution in [3.8, 4) is 0 Å². The van der Waals surface area contributed by atoms with E-state index >= 15 is 0 Å². The van der Waals surface area contributed by atoms with E-state index in [0.717, 1.165) is 19.4 Å². The van der Waals surface area contributed by atoms with Crippen molar-refractivity contribution in [2.75, 3.05) is 6.61 Å². The van der Waals surface area contributed by atoms with Crippen molar-refractivity contribution in [3.63, 3.8) is 0 Å². The van der Waals surface area contributed by atoms with Crippen LogP contribution in [0.3, 0.4) is 0 Å². The third kappa shape index (κ3) is 2.71. The molecule has 2 nitrogen and oxygen atoms in total. The lowest BCUT2D eigenvalue weighted by Gasteiger charge is -2.22. The summed E-state index contributed by atoms with van der Waals surface area (Å²) >= 11 is 0. The summed E-state index contributed by atoms with van der Waals surface area (Å²) in [4.78, 5) is 0. The molecule has 0 amide bonds. The lowest BCUT2D eigenvalue weighted by atomic mass is 10.1. The van der Waals surface area contributed by atoms with Crippen molar-refractivity contribution in [1.82, 2.24) is 0 Å². The lowest BCUT2D eigenvalue weighted by molar-refractivity contribution is -0.168. The molecule has 0 radical (unpaired) electrons. The summed E-state index contributed by atoms with van der Waals surface area (Å²) in [6.45, 7) is 1.47. The smallest absolute Gasteiger partial charge is 0.158 e. The summed E-state index contributed by atoms with van der Waals surface area (Å²) in [5.41, 5.74) is 1.21. The van der Waals surface area contributed by atoms with Crippen LogP contribution >= 0.6 is 0 Å². The largest absolute Gasteiger partial charge is 0.353 e. The maximum absolute atomic E-state index is 5.80. The van der Waals surface area contributed by atoms with Crippen molar-refractivity contribution in [2.45, 2.75) is 32.2 Å². The number of fused-ring (bicyclic) bond motifs is 1. The molecule has 18 heavy (non-hydrogen) atoms. The van der Waals surface area contributed by atoms with Gasteiger partial charge < -0.3 is 9.47 Å². The van der Waals surface area contributed by atoms with Crippen molar-refractivity contribution >= 4 is 10.8 Å². The Bertz CT molecular complexity index is 515. The van der Waals surface area contributed by atoms with E-state index in [9.17, 15) is 0 Å². The van der Waals surface area contributed by atoms with Crippen LogP contribution in [0.15, 0.2) is 42.5 Å². The normalized spacial score (nSPS) is 20.1. The molecule has 0 aromatic heterocycles. The summed E-state index contributed by atoms with van der Waals surface area (Å²) < 4.78 is 11.4. The van der Waals surface area contributed by atoms with Crippen LogP contribution in [-0.4, -0.2) is 12.9 Å². The highest BCUT2D eigenvalue weighted by molar-refractivity contribution is 5.82.